The molecule has 1 heterocycles. The van der Waals surface area contributed by atoms with Crippen molar-refractivity contribution in [1.29, 1.82) is 0 Å². The Hall–Kier alpha value is -1.10. The molecule has 5 heteroatoms. The lowest BCUT2D eigenvalue weighted by Crippen LogP contribution is -2.40. The van der Waals surface area contributed by atoms with Crippen molar-refractivity contribution in [3.63, 3.8) is 0 Å². The number of nitrogens with one attached hydrogen (secondary N) is 1. The van der Waals surface area contributed by atoms with E-state index in [1.54, 1.807) is 4.90 Å². The lowest BCUT2D eigenvalue weighted by molar-refractivity contribution is -0.142. The Labute approximate surface area is 108 Å². The Balaban J connectivity index is 1.77. The van der Waals surface area contributed by atoms with Gasteiger partial charge in [0.15, 0.2) is 0 Å². The van der Waals surface area contributed by atoms with Gasteiger partial charge in [0.05, 0.1) is 12.5 Å². The zero-order valence-electron chi connectivity index (χ0n) is 10.9. The number of aliphatic carboxylic acids is 1. The molecule has 2 aliphatic rings. The molecule has 0 unspecified atom stereocenters. The second-order valence-electron chi connectivity index (χ2n) is 5.58. The number of carbonyl (C=O) groups excluding carboxylic acids is 1. The van der Waals surface area contributed by atoms with Crippen LogP contribution in [0.3, 0.4) is 0 Å². The Bertz CT molecular complexity index is 326. The van der Waals surface area contributed by atoms with E-state index in [2.05, 4.69) is 5.32 Å². The van der Waals surface area contributed by atoms with Gasteiger partial charge in [-0.2, -0.15) is 0 Å². The van der Waals surface area contributed by atoms with Gasteiger partial charge in [0.1, 0.15) is 0 Å². The molecule has 1 saturated carbocycles. The molecule has 1 saturated heterocycles. The van der Waals surface area contributed by atoms with Gasteiger partial charge in [-0.1, -0.05) is 19.8 Å². The summed E-state index contributed by atoms with van der Waals surface area (Å²) in [6.45, 7) is 3.18. The van der Waals surface area contributed by atoms with E-state index in [0.717, 1.165) is 12.8 Å². The van der Waals surface area contributed by atoms with Crippen LogP contribution in [0.5, 0.6) is 0 Å². The van der Waals surface area contributed by atoms with Gasteiger partial charge >= 0.3 is 5.97 Å². The van der Waals surface area contributed by atoms with Crippen molar-refractivity contribution in [2.24, 2.45) is 11.8 Å². The lowest BCUT2D eigenvalue weighted by Gasteiger charge is -2.18. The van der Waals surface area contributed by atoms with Gasteiger partial charge < -0.3 is 15.3 Å². The van der Waals surface area contributed by atoms with Gasteiger partial charge in [0.25, 0.3) is 0 Å². The van der Waals surface area contributed by atoms with Crippen molar-refractivity contribution in [1.82, 2.24) is 10.2 Å². The summed E-state index contributed by atoms with van der Waals surface area (Å²) < 4.78 is 0. The Kier molecular flexibility index (Phi) is 4.22. The van der Waals surface area contributed by atoms with Crippen molar-refractivity contribution in [3.05, 3.63) is 0 Å². The predicted molar refractivity (Wildman–Crippen MR) is 67.1 cm³/mol. The molecular formula is C13H22N2O3. The van der Waals surface area contributed by atoms with Crippen LogP contribution < -0.4 is 5.32 Å². The average molecular weight is 254 g/mol. The van der Waals surface area contributed by atoms with Gasteiger partial charge in [0.2, 0.25) is 5.91 Å². The lowest BCUT2D eigenvalue weighted by atomic mass is 9.99. The van der Waals surface area contributed by atoms with Crippen LogP contribution in [0, 0.1) is 11.8 Å². The van der Waals surface area contributed by atoms with Crippen LogP contribution in [-0.2, 0) is 9.59 Å². The molecule has 1 aliphatic carbocycles. The van der Waals surface area contributed by atoms with E-state index >= 15 is 0 Å². The van der Waals surface area contributed by atoms with Gasteiger partial charge in [-0.25, -0.2) is 0 Å². The highest BCUT2D eigenvalue weighted by molar-refractivity contribution is 5.80. The summed E-state index contributed by atoms with van der Waals surface area (Å²) in [5, 5.41) is 12.3. The molecule has 0 spiro atoms. The van der Waals surface area contributed by atoms with Gasteiger partial charge in [-0.15, -0.1) is 0 Å². The standard InChI is InChI=1S/C13H22N2O3/c1-9-7-15(8-11(9)13(17)18)12(16)6-14-10-4-2-3-5-10/h9-11,14H,2-8H2,1H3,(H,17,18)/t9-,11-/m1/s1. The third-order valence-electron chi connectivity index (χ3n) is 4.18. The summed E-state index contributed by atoms with van der Waals surface area (Å²) in [5.41, 5.74) is 0. The second kappa shape index (κ2) is 5.69. The predicted octanol–water partition coefficient (Wildman–Crippen LogP) is 0.698. The van der Waals surface area contributed by atoms with E-state index in [4.69, 9.17) is 5.11 Å². The first kappa shape index (κ1) is 13.3. The molecule has 0 radical (unpaired) electrons. The fraction of sp³-hybridized carbons (Fsp3) is 0.846. The van der Waals surface area contributed by atoms with E-state index in [0.29, 0.717) is 25.7 Å². The number of carboxylic acid groups (broad SMARTS) is 1. The summed E-state index contributed by atoms with van der Waals surface area (Å²) in [4.78, 5) is 24.7. The number of likely N-dealkylation sites (tertiary alicyclic amines) is 1. The van der Waals surface area contributed by atoms with E-state index in [1.165, 1.54) is 12.8 Å². The smallest absolute Gasteiger partial charge is 0.308 e. The SMILES string of the molecule is C[C@@H]1CN(C(=O)CNC2CCCC2)C[C@H]1C(=O)O. The molecular weight excluding hydrogens is 232 g/mol. The highest BCUT2D eigenvalue weighted by Gasteiger charge is 2.36. The van der Waals surface area contributed by atoms with Gasteiger partial charge in [-0.05, 0) is 18.8 Å². The second-order valence-corrected chi connectivity index (χ2v) is 5.58. The molecule has 0 aromatic carbocycles. The Morgan fingerprint density at radius 2 is 1.94 bits per heavy atom. The van der Waals surface area contributed by atoms with E-state index < -0.39 is 11.9 Å². The first-order valence-electron chi connectivity index (χ1n) is 6.82. The van der Waals surface area contributed by atoms with Crippen molar-refractivity contribution in [2.45, 2.75) is 38.6 Å². The molecule has 2 fully saturated rings. The van der Waals surface area contributed by atoms with Crippen molar-refractivity contribution >= 4 is 11.9 Å². The van der Waals surface area contributed by atoms with Crippen LogP contribution in [0.2, 0.25) is 0 Å². The summed E-state index contributed by atoms with van der Waals surface area (Å²) >= 11 is 0. The number of carbonyl (C=O) groups is 2. The van der Waals surface area contributed by atoms with Crippen LogP contribution >= 0.6 is 0 Å². The topological polar surface area (TPSA) is 69.6 Å². The normalized spacial score (nSPS) is 28.8. The summed E-state index contributed by atoms with van der Waals surface area (Å²) in [6, 6.07) is 0.476. The monoisotopic (exact) mass is 254 g/mol. The minimum absolute atomic E-state index is 0.0394. The number of hydrogen-bond acceptors (Lipinski definition) is 3. The third kappa shape index (κ3) is 3.02. The van der Waals surface area contributed by atoms with Crippen molar-refractivity contribution < 1.29 is 14.7 Å². The zero-order valence-corrected chi connectivity index (χ0v) is 10.9. The molecule has 0 bridgehead atoms. The van der Waals surface area contributed by atoms with Crippen LogP contribution in [0.4, 0.5) is 0 Å². The van der Waals surface area contributed by atoms with Crippen LogP contribution in [0.1, 0.15) is 32.6 Å². The Morgan fingerprint density at radius 1 is 1.28 bits per heavy atom. The maximum absolute atomic E-state index is 12.0. The molecule has 2 N–H and O–H groups in total. The summed E-state index contributed by atoms with van der Waals surface area (Å²) in [7, 11) is 0. The van der Waals surface area contributed by atoms with Crippen molar-refractivity contribution in [2.75, 3.05) is 19.6 Å². The molecule has 102 valence electrons. The first-order chi connectivity index (χ1) is 8.58. The number of amides is 1. The molecule has 5 nitrogen and oxygen atoms in total. The third-order valence-corrected chi connectivity index (χ3v) is 4.18. The van der Waals surface area contributed by atoms with Crippen LogP contribution in [-0.4, -0.2) is 47.6 Å². The minimum Gasteiger partial charge on any atom is -0.481 e. The molecule has 2 atom stereocenters. The number of rotatable bonds is 4. The highest BCUT2D eigenvalue weighted by atomic mass is 16.4. The number of nitrogens with zero attached hydrogens (tertiary/aromatic N) is 1. The fourth-order valence-corrected chi connectivity index (χ4v) is 2.97. The summed E-state index contributed by atoms with van der Waals surface area (Å²) in [6.07, 6.45) is 4.80. The van der Waals surface area contributed by atoms with Crippen LogP contribution in [0.25, 0.3) is 0 Å². The Morgan fingerprint density at radius 3 is 2.50 bits per heavy atom. The number of carboxylic acids is 1. The zero-order chi connectivity index (χ0) is 13.1. The highest BCUT2D eigenvalue weighted by Crippen LogP contribution is 2.23. The largest absolute Gasteiger partial charge is 0.481 e. The molecule has 1 aliphatic heterocycles. The number of hydrogen-bond donors (Lipinski definition) is 2. The molecule has 0 aromatic heterocycles. The molecule has 2 rings (SSSR count). The summed E-state index contributed by atoms with van der Waals surface area (Å²) in [5.74, 6) is -1.10. The quantitative estimate of drug-likeness (QED) is 0.774. The maximum atomic E-state index is 12.0. The van der Waals surface area contributed by atoms with Gasteiger partial charge in [0, 0.05) is 19.1 Å². The molecule has 0 aromatic rings. The average Bonchev–Trinajstić information content (AvgIpc) is 2.94. The van der Waals surface area contributed by atoms with E-state index in [1.807, 2.05) is 6.92 Å². The van der Waals surface area contributed by atoms with Crippen molar-refractivity contribution in [3.8, 4) is 0 Å². The minimum atomic E-state index is -0.790. The van der Waals surface area contributed by atoms with E-state index in [-0.39, 0.29) is 11.8 Å². The molecule has 18 heavy (non-hydrogen) atoms. The van der Waals surface area contributed by atoms with Gasteiger partial charge in [-0.3, -0.25) is 9.59 Å². The fourth-order valence-electron chi connectivity index (χ4n) is 2.97. The molecule has 1 amide bonds. The first-order valence-corrected chi connectivity index (χ1v) is 6.82. The van der Waals surface area contributed by atoms with Crippen LogP contribution in [0.15, 0.2) is 0 Å². The maximum Gasteiger partial charge on any atom is 0.308 e. The van der Waals surface area contributed by atoms with E-state index in [9.17, 15) is 9.59 Å².